The Balaban J connectivity index is 2.13. The summed E-state index contributed by atoms with van der Waals surface area (Å²) in [6, 6.07) is 16.7. The summed E-state index contributed by atoms with van der Waals surface area (Å²) < 4.78 is 1.30. The Labute approximate surface area is 116 Å². The molecule has 0 N–H and O–H groups in total. The van der Waals surface area contributed by atoms with Gasteiger partial charge in [0.05, 0.1) is 5.38 Å². The molecule has 0 bridgehead atoms. The second-order valence-electron chi connectivity index (χ2n) is 4.41. The maximum Gasteiger partial charge on any atom is 0.0852 e. The average molecular weight is 273 g/mol. The van der Waals surface area contributed by atoms with Crippen LogP contribution in [0.5, 0.6) is 0 Å². The van der Waals surface area contributed by atoms with Crippen molar-refractivity contribution < 1.29 is 0 Å². The van der Waals surface area contributed by atoms with Crippen molar-refractivity contribution in [2.45, 2.75) is 12.3 Å². The third kappa shape index (κ3) is 1.94. The fourth-order valence-electron chi connectivity index (χ4n) is 2.23. The monoisotopic (exact) mass is 272 g/mol. The van der Waals surface area contributed by atoms with Crippen LogP contribution in [0, 0.1) is 6.92 Å². The first-order valence-electron chi connectivity index (χ1n) is 5.93. The average Bonchev–Trinajstić information content (AvgIpc) is 2.82. The van der Waals surface area contributed by atoms with E-state index in [-0.39, 0.29) is 5.38 Å². The minimum atomic E-state index is -0.0673. The van der Waals surface area contributed by atoms with Crippen molar-refractivity contribution in [2.24, 2.45) is 0 Å². The van der Waals surface area contributed by atoms with Crippen molar-refractivity contribution in [1.29, 1.82) is 0 Å². The second-order valence-corrected chi connectivity index (χ2v) is 5.75. The van der Waals surface area contributed by atoms with E-state index in [1.807, 2.05) is 12.1 Å². The van der Waals surface area contributed by atoms with Crippen molar-refractivity contribution in [3.63, 3.8) is 0 Å². The molecule has 0 aliphatic carbocycles. The van der Waals surface area contributed by atoms with Gasteiger partial charge < -0.3 is 0 Å². The van der Waals surface area contributed by atoms with Gasteiger partial charge in [-0.15, -0.1) is 22.9 Å². The number of rotatable bonds is 2. The lowest BCUT2D eigenvalue weighted by molar-refractivity contribution is 1.13. The molecule has 0 saturated carbocycles. The fourth-order valence-corrected chi connectivity index (χ4v) is 3.72. The zero-order valence-corrected chi connectivity index (χ0v) is 11.6. The van der Waals surface area contributed by atoms with Crippen molar-refractivity contribution in [3.8, 4) is 0 Å². The number of thiophene rings is 1. The molecule has 0 radical (unpaired) electrons. The van der Waals surface area contributed by atoms with E-state index in [0.29, 0.717) is 0 Å². The third-order valence-corrected chi connectivity index (χ3v) is 4.70. The first-order valence-corrected chi connectivity index (χ1v) is 7.24. The van der Waals surface area contributed by atoms with Gasteiger partial charge in [0.15, 0.2) is 0 Å². The van der Waals surface area contributed by atoms with Gasteiger partial charge in [0.1, 0.15) is 0 Å². The molecule has 0 aliphatic heterocycles. The minimum absolute atomic E-state index is 0.0673. The van der Waals surface area contributed by atoms with Crippen LogP contribution in [0.4, 0.5) is 0 Å². The van der Waals surface area contributed by atoms with Gasteiger partial charge in [0.2, 0.25) is 0 Å². The van der Waals surface area contributed by atoms with E-state index in [1.54, 1.807) is 11.3 Å². The van der Waals surface area contributed by atoms with Crippen molar-refractivity contribution in [2.75, 3.05) is 0 Å². The summed E-state index contributed by atoms with van der Waals surface area (Å²) >= 11 is 8.42. The van der Waals surface area contributed by atoms with E-state index in [9.17, 15) is 0 Å². The van der Waals surface area contributed by atoms with Crippen LogP contribution in [0.1, 0.15) is 22.1 Å². The summed E-state index contributed by atoms with van der Waals surface area (Å²) in [5, 5.41) is 3.38. The normalized spacial score (nSPS) is 12.8. The van der Waals surface area contributed by atoms with Crippen molar-refractivity contribution in [3.05, 3.63) is 70.6 Å². The first kappa shape index (κ1) is 11.8. The Hall–Kier alpha value is -1.31. The second kappa shape index (κ2) is 4.75. The highest BCUT2D eigenvalue weighted by Gasteiger charge is 2.16. The molecule has 90 valence electrons. The fraction of sp³-hybridized carbons (Fsp3) is 0.125. The number of halogens is 1. The summed E-state index contributed by atoms with van der Waals surface area (Å²) in [5.41, 5.74) is 3.65. The van der Waals surface area contributed by atoms with Gasteiger partial charge in [-0.2, -0.15) is 0 Å². The molecular formula is C16H13ClS. The lowest BCUT2D eigenvalue weighted by Gasteiger charge is -2.12. The summed E-state index contributed by atoms with van der Waals surface area (Å²) in [6.45, 7) is 2.11. The smallest absolute Gasteiger partial charge is 0.0852 e. The van der Waals surface area contributed by atoms with Crippen LogP contribution in [0.25, 0.3) is 10.1 Å². The molecule has 1 atom stereocenters. The Morgan fingerprint density at radius 2 is 1.67 bits per heavy atom. The molecule has 18 heavy (non-hydrogen) atoms. The van der Waals surface area contributed by atoms with E-state index >= 15 is 0 Å². The largest absolute Gasteiger partial charge is 0.143 e. The van der Waals surface area contributed by atoms with Crippen LogP contribution >= 0.6 is 22.9 Å². The van der Waals surface area contributed by atoms with Gasteiger partial charge in [-0.25, -0.2) is 0 Å². The summed E-state index contributed by atoms with van der Waals surface area (Å²) in [7, 11) is 0. The molecule has 0 amide bonds. The lowest BCUT2D eigenvalue weighted by Crippen LogP contribution is -1.94. The quantitative estimate of drug-likeness (QED) is 0.538. The van der Waals surface area contributed by atoms with E-state index < -0.39 is 0 Å². The summed E-state index contributed by atoms with van der Waals surface area (Å²) in [6.07, 6.45) is 0. The standard InChI is InChI=1S/C16H13ClS/c1-11-6-2-3-7-12(11)16(17)14-10-18-15-9-5-4-8-13(14)15/h2-10,16H,1H3. The number of benzene rings is 2. The first-order chi connectivity index (χ1) is 8.77. The predicted molar refractivity (Wildman–Crippen MR) is 80.7 cm³/mol. The van der Waals surface area contributed by atoms with Gasteiger partial charge in [0, 0.05) is 4.70 Å². The number of hydrogen-bond acceptors (Lipinski definition) is 1. The van der Waals surface area contributed by atoms with E-state index in [4.69, 9.17) is 11.6 Å². The molecule has 0 spiro atoms. The maximum atomic E-state index is 6.66. The summed E-state index contributed by atoms with van der Waals surface area (Å²) in [4.78, 5) is 0. The zero-order valence-electron chi connectivity index (χ0n) is 10.1. The number of alkyl halides is 1. The Morgan fingerprint density at radius 1 is 0.944 bits per heavy atom. The molecule has 1 heterocycles. The highest BCUT2D eigenvalue weighted by molar-refractivity contribution is 7.17. The highest BCUT2D eigenvalue weighted by Crippen LogP contribution is 2.38. The van der Waals surface area contributed by atoms with Crippen LogP contribution in [-0.2, 0) is 0 Å². The van der Waals surface area contributed by atoms with Gasteiger partial charge in [-0.3, -0.25) is 0 Å². The van der Waals surface area contributed by atoms with E-state index in [2.05, 4.69) is 48.7 Å². The summed E-state index contributed by atoms with van der Waals surface area (Å²) in [5.74, 6) is 0. The lowest BCUT2D eigenvalue weighted by atomic mass is 10.00. The van der Waals surface area contributed by atoms with E-state index in [0.717, 1.165) is 0 Å². The number of fused-ring (bicyclic) bond motifs is 1. The number of hydrogen-bond donors (Lipinski definition) is 0. The Morgan fingerprint density at radius 3 is 2.50 bits per heavy atom. The van der Waals surface area contributed by atoms with Crippen LogP contribution < -0.4 is 0 Å². The topological polar surface area (TPSA) is 0 Å². The molecular weight excluding hydrogens is 260 g/mol. The van der Waals surface area contributed by atoms with Crippen molar-refractivity contribution >= 4 is 33.0 Å². The molecule has 1 unspecified atom stereocenters. The minimum Gasteiger partial charge on any atom is -0.143 e. The highest BCUT2D eigenvalue weighted by atomic mass is 35.5. The Bertz CT molecular complexity index is 684. The third-order valence-electron chi connectivity index (χ3n) is 3.25. The molecule has 2 heteroatoms. The van der Waals surface area contributed by atoms with Gasteiger partial charge in [-0.05, 0) is 40.4 Å². The molecule has 0 fully saturated rings. The molecule has 0 nitrogen and oxygen atoms in total. The number of aryl methyl sites for hydroxylation is 1. The van der Waals surface area contributed by atoms with Gasteiger partial charge in [0.25, 0.3) is 0 Å². The maximum absolute atomic E-state index is 6.66. The van der Waals surface area contributed by atoms with Gasteiger partial charge in [-0.1, -0.05) is 42.5 Å². The zero-order chi connectivity index (χ0) is 12.5. The molecule has 3 rings (SSSR count). The predicted octanol–water partition coefficient (Wildman–Crippen LogP) is 5.54. The molecule has 3 aromatic rings. The van der Waals surface area contributed by atoms with Crippen LogP contribution in [0.2, 0.25) is 0 Å². The molecule has 0 aliphatic rings. The van der Waals surface area contributed by atoms with Gasteiger partial charge >= 0.3 is 0 Å². The molecule has 1 aromatic heterocycles. The van der Waals surface area contributed by atoms with E-state index in [1.165, 1.54) is 26.8 Å². The van der Waals surface area contributed by atoms with Crippen LogP contribution in [0.3, 0.4) is 0 Å². The Kier molecular flexibility index (Phi) is 3.11. The molecule has 0 saturated heterocycles. The van der Waals surface area contributed by atoms with Crippen LogP contribution in [-0.4, -0.2) is 0 Å². The van der Waals surface area contributed by atoms with Crippen LogP contribution in [0.15, 0.2) is 53.9 Å². The van der Waals surface area contributed by atoms with Crippen molar-refractivity contribution in [1.82, 2.24) is 0 Å². The molecule has 2 aromatic carbocycles. The SMILES string of the molecule is Cc1ccccc1C(Cl)c1csc2ccccc12.